The first kappa shape index (κ1) is 10.4. The van der Waals surface area contributed by atoms with E-state index in [1.807, 2.05) is 11.9 Å². The minimum Gasteiger partial charge on any atom is -0.347 e. The van der Waals surface area contributed by atoms with E-state index in [0.29, 0.717) is 6.54 Å². The third kappa shape index (κ3) is 3.26. The van der Waals surface area contributed by atoms with E-state index in [2.05, 4.69) is 5.32 Å². The van der Waals surface area contributed by atoms with Crippen molar-refractivity contribution >= 4 is 5.91 Å². The van der Waals surface area contributed by atoms with Gasteiger partial charge in [-0.3, -0.25) is 4.79 Å². The average molecular weight is 192 g/mol. The molecule has 0 aromatic carbocycles. The van der Waals surface area contributed by atoms with Gasteiger partial charge in [0.05, 0.1) is 0 Å². The summed E-state index contributed by atoms with van der Waals surface area (Å²) in [7, 11) is 1.92. The monoisotopic (exact) mass is 192 g/mol. The van der Waals surface area contributed by atoms with Gasteiger partial charge in [-0.25, -0.2) is 0 Å². The molecule has 1 atom stereocenters. The van der Waals surface area contributed by atoms with Crippen molar-refractivity contribution in [3.63, 3.8) is 0 Å². The first-order valence-corrected chi connectivity index (χ1v) is 4.36. The molecule has 0 aliphatic carbocycles. The first-order valence-electron chi connectivity index (χ1n) is 4.36. The van der Waals surface area contributed by atoms with Gasteiger partial charge in [-0.05, 0) is 26.4 Å². The van der Waals surface area contributed by atoms with Gasteiger partial charge >= 0.3 is 6.43 Å². The number of amides is 1. The van der Waals surface area contributed by atoms with Gasteiger partial charge in [0, 0.05) is 12.6 Å². The van der Waals surface area contributed by atoms with Crippen LogP contribution in [0, 0.1) is 0 Å². The van der Waals surface area contributed by atoms with E-state index in [9.17, 15) is 13.6 Å². The Bertz CT molecular complexity index is 187. The van der Waals surface area contributed by atoms with Gasteiger partial charge in [-0.15, -0.1) is 0 Å². The van der Waals surface area contributed by atoms with Crippen LogP contribution in [-0.4, -0.2) is 43.4 Å². The molecule has 1 aliphatic rings. The highest BCUT2D eigenvalue weighted by Crippen LogP contribution is 2.08. The third-order valence-corrected chi connectivity index (χ3v) is 2.17. The van der Waals surface area contributed by atoms with Gasteiger partial charge in [0.1, 0.15) is 0 Å². The molecule has 0 aromatic rings. The molecule has 1 unspecified atom stereocenters. The van der Waals surface area contributed by atoms with Crippen molar-refractivity contribution in [3.8, 4) is 0 Å². The van der Waals surface area contributed by atoms with Crippen LogP contribution in [0.1, 0.15) is 12.8 Å². The van der Waals surface area contributed by atoms with Crippen molar-refractivity contribution in [2.24, 2.45) is 0 Å². The summed E-state index contributed by atoms with van der Waals surface area (Å²) in [6, 6.07) is -0.111. The minimum atomic E-state index is -2.90. The van der Waals surface area contributed by atoms with Crippen LogP contribution in [0.4, 0.5) is 8.78 Å². The molecule has 1 rings (SSSR count). The van der Waals surface area contributed by atoms with Crippen molar-refractivity contribution in [2.75, 3.05) is 20.1 Å². The van der Waals surface area contributed by atoms with E-state index in [4.69, 9.17) is 0 Å². The van der Waals surface area contributed by atoms with Crippen molar-refractivity contribution in [1.82, 2.24) is 10.2 Å². The van der Waals surface area contributed by atoms with Crippen LogP contribution in [0.25, 0.3) is 0 Å². The number of carbonyl (C=O) groups excluding carboxylic acids is 1. The van der Waals surface area contributed by atoms with Crippen molar-refractivity contribution in [1.29, 1.82) is 0 Å². The Hall–Kier alpha value is -0.710. The summed E-state index contributed by atoms with van der Waals surface area (Å²) in [5.74, 6) is -1.15. The molecular weight excluding hydrogens is 178 g/mol. The molecule has 1 heterocycles. The summed E-state index contributed by atoms with van der Waals surface area (Å²) in [6.45, 7) is 1.64. The fourth-order valence-corrected chi connectivity index (χ4v) is 1.55. The number of carbonyl (C=O) groups is 1. The van der Waals surface area contributed by atoms with E-state index >= 15 is 0 Å². The highest BCUT2D eigenvalue weighted by Gasteiger charge is 2.22. The number of hydrogen-bond donors (Lipinski definition) is 1. The van der Waals surface area contributed by atoms with Gasteiger partial charge in [0.15, 0.2) is 0 Å². The Balaban J connectivity index is 2.31. The number of likely N-dealkylation sites (N-methyl/N-ethyl adjacent to an activating group) is 1. The van der Waals surface area contributed by atoms with Crippen LogP contribution >= 0.6 is 0 Å². The quantitative estimate of drug-likeness (QED) is 0.689. The summed E-state index contributed by atoms with van der Waals surface area (Å²) in [5.41, 5.74) is 0. The van der Waals surface area contributed by atoms with Crippen LogP contribution in [-0.2, 0) is 4.79 Å². The number of nitrogens with one attached hydrogen (secondary N) is 1. The molecule has 13 heavy (non-hydrogen) atoms. The van der Waals surface area contributed by atoms with E-state index in [1.165, 1.54) is 0 Å². The number of rotatable bonds is 2. The number of piperidine rings is 1. The van der Waals surface area contributed by atoms with Crippen molar-refractivity contribution in [2.45, 2.75) is 25.3 Å². The van der Waals surface area contributed by atoms with Crippen molar-refractivity contribution < 1.29 is 13.6 Å². The van der Waals surface area contributed by atoms with Crippen LogP contribution in [0.5, 0.6) is 0 Å². The molecule has 1 fully saturated rings. The Morgan fingerprint density at radius 2 is 2.31 bits per heavy atom. The lowest BCUT2D eigenvalue weighted by Crippen LogP contribution is -2.47. The smallest absolute Gasteiger partial charge is 0.315 e. The molecule has 76 valence electrons. The number of likely N-dealkylation sites (tertiary alicyclic amines) is 1. The van der Waals surface area contributed by atoms with E-state index < -0.39 is 12.3 Å². The highest BCUT2D eigenvalue weighted by molar-refractivity contribution is 5.79. The number of hydrogen-bond acceptors (Lipinski definition) is 2. The van der Waals surface area contributed by atoms with Gasteiger partial charge < -0.3 is 10.2 Å². The Morgan fingerprint density at radius 1 is 1.62 bits per heavy atom. The topological polar surface area (TPSA) is 32.3 Å². The second-order valence-corrected chi connectivity index (χ2v) is 3.41. The summed E-state index contributed by atoms with van der Waals surface area (Å²) >= 11 is 0. The van der Waals surface area contributed by atoms with E-state index in [0.717, 1.165) is 19.4 Å². The van der Waals surface area contributed by atoms with Gasteiger partial charge in [-0.2, -0.15) is 8.78 Å². The van der Waals surface area contributed by atoms with E-state index in [-0.39, 0.29) is 6.04 Å². The maximum atomic E-state index is 11.9. The lowest BCUT2D eigenvalue weighted by Gasteiger charge is -2.30. The molecular formula is C8H14F2N2O. The van der Waals surface area contributed by atoms with Crippen LogP contribution in [0.2, 0.25) is 0 Å². The predicted molar refractivity (Wildman–Crippen MR) is 44.7 cm³/mol. The van der Waals surface area contributed by atoms with Crippen LogP contribution in [0.15, 0.2) is 0 Å². The summed E-state index contributed by atoms with van der Waals surface area (Å²) < 4.78 is 23.7. The molecule has 1 aliphatic heterocycles. The third-order valence-electron chi connectivity index (χ3n) is 2.17. The van der Waals surface area contributed by atoms with Crippen LogP contribution in [0.3, 0.4) is 0 Å². The zero-order chi connectivity index (χ0) is 9.84. The molecule has 0 saturated carbocycles. The minimum absolute atomic E-state index is 0.111. The predicted octanol–water partition coefficient (Wildman–Crippen LogP) is 0.462. The second-order valence-electron chi connectivity index (χ2n) is 3.41. The largest absolute Gasteiger partial charge is 0.347 e. The molecule has 1 saturated heterocycles. The summed E-state index contributed by atoms with van der Waals surface area (Å²) in [4.78, 5) is 12.7. The lowest BCUT2D eigenvalue weighted by atomic mass is 10.1. The normalized spacial score (nSPS) is 24.8. The molecule has 0 spiro atoms. The van der Waals surface area contributed by atoms with Crippen molar-refractivity contribution in [3.05, 3.63) is 0 Å². The van der Waals surface area contributed by atoms with Crippen LogP contribution < -0.4 is 5.32 Å². The average Bonchev–Trinajstić information content (AvgIpc) is 2.04. The molecule has 3 nitrogen and oxygen atoms in total. The lowest BCUT2D eigenvalue weighted by molar-refractivity contribution is -0.132. The molecule has 0 aromatic heterocycles. The molecule has 0 bridgehead atoms. The van der Waals surface area contributed by atoms with Gasteiger partial charge in [0.2, 0.25) is 0 Å². The number of halogens is 2. The Labute approximate surface area is 76.1 Å². The van der Waals surface area contributed by atoms with Gasteiger partial charge in [-0.1, -0.05) is 0 Å². The van der Waals surface area contributed by atoms with Gasteiger partial charge in [0.25, 0.3) is 5.91 Å². The highest BCUT2D eigenvalue weighted by atomic mass is 19.3. The maximum absolute atomic E-state index is 11.9. The SMILES string of the molecule is CN1CCCC(NC(=O)C(F)F)C1. The molecule has 0 radical (unpaired) electrons. The summed E-state index contributed by atoms with van der Waals surface area (Å²) in [5, 5.41) is 2.32. The number of nitrogens with zero attached hydrogens (tertiary/aromatic N) is 1. The molecule has 5 heteroatoms. The fourth-order valence-electron chi connectivity index (χ4n) is 1.55. The number of alkyl halides is 2. The fraction of sp³-hybridized carbons (Fsp3) is 0.875. The first-order chi connectivity index (χ1) is 6.09. The van der Waals surface area contributed by atoms with E-state index in [1.54, 1.807) is 0 Å². The Morgan fingerprint density at radius 3 is 2.85 bits per heavy atom. The zero-order valence-corrected chi connectivity index (χ0v) is 7.59. The Kier molecular flexibility index (Phi) is 3.59. The second kappa shape index (κ2) is 4.50. The standard InChI is InChI=1S/C8H14F2N2O/c1-12-4-2-3-6(5-12)11-8(13)7(9)10/h6-7H,2-5H2,1H3,(H,11,13). The summed E-state index contributed by atoms with van der Waals surface area (Å²) in [6.07, 6.45) is -1.15. The zero-order valence-electron chi connectivity index (χ0n) is 7.59. The molecule has 1 N–H and O–H groups in total. The maximum Gasteiger partial charge on any atom is 0.315 e. The molecule has 1 amide bonds.